The summed E-state index contributed by atoms with van der Waals surface area (Å²) in [4.78, 5) is 0. The molecule has 1 atom stereocenters. The Morgan fingerprint density at radius 3 is 2.71 bits per heavy atom. The van der Waals surface area contributed by atoms with Crippen LogP contribution in [-0.2, 0) is 0 Å². The minimum absolute atomic E-state index is 0.197. The van der Waals surface area contributed by atoms with Gasteiger partial charge in [-0.2, -0.15) is 0 Å². The Hall–Kier alpha value is -0.740. The quantitative estimate of drug-likeness (QED) is 0.794. The average Bonchev–Trinajstić information content (AvgIpc) is 2.81. The largest absolute Gasteiger partial charge is 0.467 e. The third-order valence-corrected chi connectivity index (χ3v) is 3.71. The highest BCUT2D eigenvalue weighted by molar-refractivity contribution is 9.11. The SMILES string of the molecule is CCC(Nc1ccc(Br)cc1Br)c1ccco1. The van der Waals surface area contributed by atoms with Gasteiger partial charge >= 0.3 is 0 Å². The Morgan fingerprint density at radius 2 is 2.12 bits per heavy atom. The molecule has 1 heterocycles. The number of anilines is 1. The first-order chi connectivity index (χ1) is 8.20. The maximum atomic E-state index is 5.44. The molecule has 2 rings (SSSR count). The van der Waals surface area contributed by atoms with Crippen LogP contribution >= 0.6 is 31.9 Å². The lowest BCUT2D eigenvalue weighted by Gasteiger charge is -2.17. The molecule has 0 aliphatic carbocycles. The van der Waals surface area contributed by atoms with Crippen molar-refractivity contribution in [2.75, 3.05) is 5.32 Å². The maximum Gasteiger partial charge on any atom is 0.125 e. The van der Waals surface area contributed by atoms with E-state index < -0.39 is 0 Å². The predicted molar refractivity (Wildman–Crippen MR) is 77.2 cm³/mol. The molecule has 2 aromatic rings. The first-order valence-electron chi connectivity index (χ1n) is 5.45. The molecule has 0 fully saturated rings. The Labute approximate surface area is 118 Å². The number of hydrogen-bond acceptors (Lipinski definition) is 2. The molecule has 1 aromatic heterocycles. The molecule has 1 unspecified atom stereocenters. The molecule has 0 saturated carbocycles. The molecular formula is C13H13Br2NO. The number of halogens is 2. The zero-order chi connectivity index (χ0) is 12.3. The third-order valence-electron chi connectivity index (χ3n) is 2.56. The third kappa shape index (κ3) is 3.13. The second-order valence-corrected chi connectivity index (χ2v) is 5.51. The lowest BCUT2D eigenvalue weighted by Crippen LogP contribution is -2.09. The van der Waals surface area contributed by atoms with Crippen molar-refractivity contribution in [2.45, 2.75) is 19.4 Å². The fourth-order valence-electron chi connectivity index (χ4n) is 1.66. The van der Waals surface area contributed by atoms with Gasteiger partial charge in [0, 0.05) is 14.6 Å². The lowest BCUT2D eigenvalue weighted by atomic mass is 10.1. The van der Waals surface area contributed by atoms with Gasteiger partial charge in [-0.3, -0.25) is 0 Å². The molecule has 0 amide bonds. The minimum atomic E-state index is 0.197. The molecule has 1 aromatic carbocycles. The molecule has 0 radical (unpaired) electrons. The molecule has 2 nitrogen and oxygen atoms in total. The maximum absolute atomic E-state index is 5.44. The van der Waals surface area contributed by atoms with Crippen LogP contribution in [0.3, 0.4) is 0 Å². The Morgan fingerprint density at radius 1 is 1.29 bits per heavy atom. The fourth-order valence-corrected chi connectivity index (χ4v) is 2.82. The Kier molecular flexibility index (Phi) is 4.29. The fraction of sp³-hybridized carbons (Fsp3) is 0.231. The number of furan rings is 1. The van der Waals surface area contributed by atoms with Crippen LogP contribution in [0.25, 0.3) is 0 Å². The summed E-state index contributed by atoms with van der Waals surface area (Å²) < 4.78 is 7.53. The van der Waals surface area contributed by atoms with Crippen LogP contribution in [-0.4, -0.2) is 0 Å². The minimum Gasteiger partial charge on any atom is -0.467 e. The average molecular weight is 359 g/mol. The van der Waals surface area contributed by atoms with Crippen molar-refractivity contribution in [3.8, 4) is 0 Å². The van der Waals surface area contributed by atoms with Crippen LogP contribution < -0.4 is 5.32 Å². The van der Waals surface area contributed by atoms with E-state index in [0.717, 1.165) is 26.8 Å². The summed E-state index contributed by atoms with van der Waals surface area (Å²) in [5.41, 5.74) is 1.07. The molecule has 0 spiro atoms. The number of nitrogens with one attached hydrogen (secondary N) is 1. The Balaban J connectivity index is 2.19. The van der Waals surface area contributed by atoms with E-state index in [2.05, 4.69) is 44.1 Å². The highest BCUT2D eigenvalue weighted by Crippen LogP contribution is 2.30. The summed E-state index contributed by atoms with van der Waals surface area (Å²) in [5, 5.41) is 3.47. The molecule has 0 bridgehead atoms. The molecule has 1 N–H and O–H groups in total. The number of hydrogen-bond donors (Lipinski definition) is 1. The van der Waals surface area contributed by atoms with Crippen molar-refractivity contribution in [1.82, 2.24) is 0 Å². The van der Waals surface area contributed by atoms with Crippen LogP contribution in [0.1, 0.15) is 25.1 Å². The highest BCUT2D eigenvalue weighted by atomic mass is 79.9. The van der Waals surface area contributed by atoms with Crippen LogP contribution in [0.2, 0.25) is 0 Å². The normalized spacial score (nSPS) is 12.4. The van der Waals surface area contributed by atoms with Crippen molar-refractivity contribution in [1.29, 1.82) is 0 Å². The van der Waals surface area contributed by atoms with E-state index in [9.17, 15) is 0 Å². The van der Waals surface area contributed by atoms with Crippen molar-refractivity contribution in [3.05, 3.63) is 51.3 Å². The van der Waals surface area contributed by atoms with Gasteiger partial charge in [0.2, 0.25) is 0 Å². The number of benzene rings is 1. The number of rotatable bonds is 4. The monoisotopic (exact) mass is 357 g/mol. The van der Waals surface area contributed by atoms with E-state index in [-0.39, 0.29) is 6.04 Å². The zero-order valence-corrected chi connectivity index (χ0v) is 12.6. The first-order valence-corrected chi connectivity index (χ1v) is 7.04. The van der Waals surface area contributed by atoms with Crippen molar-refractivity contribution < 1.29 is 4.42 Å². The summed E-state index contributed by atoms with van der Waals surface area (Å²) in [6.45, 7) is 2.13. The highest BCUT2D eigenvalue weighted by Gasteiger charge is 2.13. The van der Waals surface area contributed by atoms with Gasteiger partial charge in [-0.05, 0) is 52.7 Å². The predicted octanol–water partition coefficient (Wildman–Crippen LogP) is 5.37. The van der Waals surface area contributed by atoms with Gasteiger partial charge in [-0.15, -0.1) is 0 Å². The second kappa shape index (κ2) is 5.74. The molecule has 0 aliphatic rings. The molecule has 0 saturated heterocycles. The summed E-state index contributed by atoms with van der Waals surface area (Å²) in [5.74, 6) is 0.960. The second-order valence-electron chi connectivity index (χ2n) is 3.74. The van der Waals surface area contributed by atoms with E-state index >= 15 is 0 Å². The summed E-state index contributed by atoms with van der Waals surface area (Å²) in [7, 11) is 0. The van der Waals surface area contributed by atoms with Gasteiger partial charge in [-0.25, -0.2) is 0 Å². The van der Waals surface area contributed by atoms with Crippen LogP contribution in [0, 0.1) is 0 Å². The van der Waals surface area contributed by atoms with Gasteiger partial charge in [0.25, 0.3) is 0 Å². The molecule has 17 heavy (non-hydrogen) atoms. The van der Waals surface area contributed by atoms with Gasteiger partial charge < -0.3 is 9.73 Å². The summed E-state index contributed by atoms with van der Waals surface area (Å²) >= 11 is 6.99. The van der Waals surface area contributed by atoms with Gasteiger partial charge in [0.15, 0.2) is 0 Å². The lowest BCUT2D eigenvalue weighted by molar-refractivity contribution is 0.474. The van der Waals surface area contributed by atoms with Gasteiger partial charge in [0.05, 0.1) is 12.3 Å². The summed E-state index contributed by atoms with van der Waals surface area (Å²) in [6, 6.07) is 10.2. The zero-order valence-electron chi connectivity index (χ0n) is 9.41. The molecule has 0 aliphatic heterocycles. The van der Waals surface area contributed by atoms with Crippen LogP contribution in [0.4, 0.5) is 5.69 Å². The van der Waals surface area contributed by atoms with E-state index in [1.165, 1.54) is 0 Å². The van der Waals surface area contributed by atoms with E-state index in [0.29, 0.717) is 0 Å². The van der Waals surface area contributed by atoms with E-state index in [1.807, 2.05) is 30.3 Å². The first kappa shape index (κ1) is 12.7. The van der Waals surface area contributed by atoms with Crippen molar-refractivity contribution >= 4 is 37.5 Å². The Bertz CT molecular complexity index is 482. The smallest absolute Gasteiger partial charge is 0.125 e. The van der Waals surface area contributed by atoms with Crippen LogP contribution in [0.5, 0.6) is 0 Å². The topological polar surface area (TPSA) is 25.2 Å². The summed E-state index contributed by atoms with van der Waals surface area (Å²) in [6.07, 6.45) is 2.67. The van der Waals surface area contributed by atoms with E-state index in [4.69, 9.17) is 4.42 Å². The van der Waals surface area contributed by atoms with E-state index in [1.54, 1.807) is 6.26 Å². The van der Waals surface area contributed by atoms with Gasteiger partial charge in [-0.1, -0.05) is 22.9 Å². The standard InChI is InChI=1S/C13H13Br2NO/c1-2-11(13-4-3-7-17-13)16-12-6-5-9(14)8-10(12)15/h3-8,11,16H,2H2,1H3. The molecule has 4 heteroatoms. The van der Waals surface area contributed by atoms with Crippen molar-refractivity contribution in [2.24, 2.45) is 0 Å². The molecule has 90 valence electrons. The van der Waals surface area contributed by atoms with Crippen LogP contribution in [0.15, 0.2) is 50.0 Å². The van der Waals surface area contributed by atoms with Crippen molar-refractivity contribution in [3.63, 3.8) is 0 Å². The molecular weight excluding hydrogens is 346 g/mol. The van der Waals surface area contributed by atoms with Gasteiger partial charge in [0.1, 0.15) is 5.76 Å².